The molecule has 1 fully saturated rings. The third kappa shape index (κ3) is 2.73. The van der Waals surface area contributed by atoms with Gasteiger partial charge in [0.05, 0.1) is 6.54 Å². The van der Waals surface area contributed by atoms with Gasteiger partial charge in [-0.25, -0.2) is 8.78 Å². The van der Waals surface area contributed by atoms with Gasteiger partial charge in [-0.1, -0.05) is 33.6 Å². The smallest absolute Gasteiger partial charge is 0.265 e. The fourth-order valence-electron chi connectivity index (χ4n) is 3.33. The zero-order valence-corrected chi connectivity index (χ0v) is 11.0. The molecule has 0 spiro atoms. The highest BCUT2D eigenvalue weighted by molar-refractivity contribution is 4.98. The molecule has 1 aliphatic heterocycles. The van der Waals surface area contributed by atoms with Crippen LogP contribution >= 0.6 is 0 Å². The van der Waals surface area contributed by atoms with Crippen LogP contribution in [0.1, 0.15) is 46.5 Å². The number of likely N-dealkylation sites (tertiary alicyclic amines) is 1. The second-order valence-electron chi connectivity index (χ2n) is 5.66. The van der Waals surface area contributed by atoms with Gasteiger partial charge < -0.3 is 4.90 Å². The molecule has 0 aliphatic carbocycles. The van der Waals surface area contributed by atoms with E-state index in [1.165, 1.54) is 0 Å². The molecule has 1 saturated heterocycles. The van der Waals surface area contributed by atoms with E-state index in [1.54, 1.807) is 11.9 Å². The van der Waals surface area contributed by atoms with Gasteiger partial charge in [0.15, 0.2) is 0 Å². The van der Waals surface area contributed by atoms with E-state index in [2.05, 4.69) is 20.8 Å². The normalized spacial score (nSPS) is 26.2. The molecule has 1 aliphatic rings. The Morgan fingerprint density at radius 3 is 2.06 bits per heavy atom. The monoisotopic (exact) mass is 233 g/mol. The van der Waals surface area contributed by atoms with Gasteiger partial charge in [-0.2, -0.15) is 0 Å². The number of halogens is 2. The standard InChI is InChI=1S/C13H25F2N/c1-5-7-12(3,8-6-2)11-9-16(4)10-13(11,14)15/h11H,5-10H2,1-4H3. The van der Waals surface area contributed by atoms with Crippen LogP contribution in [0, 0.1) is 11.3 Å². The van der Waals surface area contributed by atoms with Crippen LogP contribution in [0.5, 0.6) is 0 Å². The quantitative estimate of drug-likeness (QED) is 0.698. The summed E-state index contributed by atoms with van der Waals surface area (Å²) in [6, 6.07) is 0. The third-order valence-corrected chi connectivity index (χ3v) is 3.97. The Morgan fingerprint density at radius 2 is 1.75 bits per heavy atom. The highest BCUT2D eigenvalue weighted by Crippen LogP contribution is 2.48. The van der Waals surface area contributed by atoms with Gasteiger partial charge in [-0.05, 0) is 25.3 Å². The molecule has 3 heteroatoms. The highest BCUT2D eigenvalue weighted by Gasteiger charge is 2.54. The number of rotatable bonds is 5. The summed E-state index contributed by atoms with van der Waals surface area (Å²) in [5, 5.41) is 0. The van der Waals surface area contributed by atoms with E-state index in [1.807, 2.05) is 0 Å². The van der Waals surface area contributed by atoms with E-state index in [0.29, 0.717) is 6.54 Å². The maximum Gasteiger partial charge on any atom is 0.265 e. The van der Waals surface area contributed by atoms with Gasteiger partial charge in [0.2, 0.25) is 0 Å². The topological polar surface area (TPSA) is 3.24 Å². The first kappa shape index (κ1) is 13.9. The summed E-state index contributed by atoms with van der Waals surface area (Å²) in [5.74, 6) is -2.97. The molecule has 1 nitrogen and oxygen atoms in total. The largest absolute Gasteiger partial charge is 0.300 e. The number of hydrogen-bond donors (Lipinski definition) is 0. The zero-order chi connectivity index (χ0) is 12.4. The summed E-state index contributed by atoms with van der Waals surface area (Å²) in [6.45, 7) is 6.71. The van der Waals surface area contributed by atoms with Crippen molar-refractivity contribution in [2.75, 3.05) is 20.1 Å². The van der Waals surface area contributed by atoms with Gasteiger partial charge in [0.1, 0.15) is 0 Å². The Kier molecular flexibility index (Phi) is 4.33. The van der Waals surface area contributed by atoms with Crippen molar-refractivity contribution in [3.8, 4) is 0 Å². The number of alkyl halides is 2. The lowest BCUT2D eigenvalue weighted by molar-refractivity contribution is -0.0768. The van der Waals surface area contributed by atoms with Crippen LogP contribution in [0.15, 0.2) is 0 Å². The van der Waals surface area contributed by atoms with Crippen molar-refractivity contribution in [2.24, 2.45) is 11.3 Å². The van der Waals surface area contributed by atoms with Crippen LogP contribution in [0.3, 0.4) is 0 Å². The molecule has 0 bridgehead atoms. The Bertz CT molecular complexity index is 222. The first-order valence-electron chi connectivity index (χ1n) is 6.42. The van der Waals surface area contributed by atoms with Crippen molar-refractivity contribution < 1.29 is 8.78 Å². The molecule has 0 amide bonds. The fraction of sp³-hybridized carbons (Fsp3) is 1.00. The number of nitrogens with zero attached hydrogens (tertiary/aromatic N) is 1. The molecular formula is C13H25F2N. The average molecular weight is 233 g/mol. The van der Waals surface area contributed by atoms with E-state index in [-0.39, 0.29) is 12.0 Å². The lowest BCUT2D eigenvalue weighted by atomic mass is 9.69. The Hall–Kier alpha value is -0.180. The van der Waals surface area contributed by atoms with E-state index >= 15 is 0 Å². The molecular weight excluding hydrogens is 208 g/mol. The molecule has 16 heavy (non-hydrogen) atoms. The van der Waals surface area contributed by atoms with Crippen molar-refractivity contribution in [1.82, 2.24) is 4.90 Å². The van der Waals surface area contributed by atoms with Gasteiger partial charge in [0.25, 0.3) is 5.92 Å². The lowest BCUT2D eigenvalue weighted by Gasteiger charge is -2.38. The van der Waals surface area contributed by atoms with Crippen molar-refractivity contribution in [2.45, 2.75) is 52.4 Å². The first-order chi connectivity index (χ1) is 7.35. The Balaban J connectivity index is 2.85. The molecule has 0 aromatic carbocycles. The molecule has 96 valence electrons. The molecule has 1 unspecified atom stereocenters. The summed E-state index contributed by atoms with van der Waals surface area (Å²) in [4.78, 5) is 1.77. The van der Waals surface area contributed by atoms with E-state index in [0.717, 1.165) is 25.7 Å². The molecule has 0 radical (unpaired) electrons. The minimum absolute atomic E-state index is 0.0688. The minimum atomic E-state index is -2.51. The second kappa shape index (κ2) is 4.99. The Morgan fingerprint density at radius 1 is 1.25 bits per heavy atom. The summed E-state index contributed by atoms with van der Waals surface area (Å²) < 4.78 is 27.9. The summed E-state index contributed by atoms with van der Waals surface area (Å²) in [6.07, 6.45) is 3.81. The van der Waals surface area contributed by atoms with E-state index < -0.39 is 11.8 Å². The average Bonchev–Trinajstić information content (AvgIpc) is 2.40. The van der Waals surface area contributed by atoms with Crippen LogP contribution in [0.2, 0.25) is 0 Å². The van der Waals surface area contributed by atoms with Crippen molar-refractivity contribution in [3.63, 3.8) is 0 Å². The predicted octanol–water partition coefficient (Wildman–Crippen LogP) is 3.79. The van der Waals surface area contributed by atoms with Crippen molar-refractivity contribution in [1.29, 1.82) is 0 Å². The maximum atomic E-state index is 14.0. The zero-order valence-electron chi connectivity index (χ0n) is 11.0. The molecule has 0 saturated carbocycles. The SMILES string of the molecule is CCCC(C)(CCC)C1CN(C)CC1(F)F. The van der Waals surface area contributed by atoms with Crippen LogP contribution in [-0.2, 0) is 0 Å². The van der Waals surface area contributed by atoms with Gasteiger partial charge >= 0.3 is 0 Å². The van der Waals surface area contributed by atoms with E-state index in [9.17, 15) is 8.78 Å². The second-order valence-corrected chi connectivity index (χ2v) is 5.66. The third-order valence-electron chi connectivity index (χ3n) is 3.97. The number of hydrogen-bond acceptors (Lipinski definition) is 1. The fourth-order valence-corrected chi connectivity index (χ4v) is 3.33. The molecule has 1 rings (SSSR count). The predicted molar refractivity (Wildman–Crippen MR) is 63.9 cm³/mol. The van der Waals surface area contributed by atoms with Crippen molar-refractivity contribution >= 4 is 0 Å². The van der Waals surface area contributed by atoms with Crippen LogP contribution in [0.4, 0.5) is 8.78 Å². The van der Waals surface area contributed by atoms with Crippen LogP contribution in [0.25, 0.3) is 0 Å². The van der Waals surface area contributed by atoms with Gasteiger partial charge in [-0.15, -0.1) is 0 Å². The minimum Gasteiger partial charge on any atom is -0.300 e. The molecule has 0 N–H and O–H groups in total. The van der Waals surface area contributed by atoms with Crippen molar-refractivity contribution in [3.05, 3.63) is 0 Å². The molecule has 1 atom stereocenters. The molecule has 1 heterocycles. The summed E-state index contributed by atoms with van der Waals surface area (Å²) in [7, 11) is 1.80. The summed E-state index contributed by atoms with van der Waals surface area (Å²) in [5.41, 5.74) is -0.197. The molecule has 0 aromatic rings. The molecule has 0 aromatic heterocycles. The van der Waals surface area contributed by atoms with Gasteiger partial charge in [-0.3, -0.25) is 0 Å². The van der Waals surface area contributed by atoms with Crippen LogP contribution < -0.4 is 0 Å². The summed E-state index contributed by atoms with van der Waals surface area (Å²) >= 11 is 0. The van der Waals surface area contributed by atoms with Gasteiger partial charge in [0, 0.05) is 12.5 Å². The van der Waals surface area contributed by atoms with E-state index in [4.69, 9.17) is 0 Å². The highest BCUT2D eigenvalue weighted by atomic mass is 19.3. The first-order valence-corrected chi connectivity index (χ1v) is 6.42. The lowest BCUT2D eigenvalue weighted by Crippen LogP contribution is -2.39. The Labute approximate surface area is 98.2 Å². The van der Waals surface area contributed by atoms with Crippen LogP contribution in [-0.4, -0.2) is 31.0 Å². The maximum absolute atomic E-state index is 14.0.